The van der Waals surface area contributed by atoms with E-state index in [2.05, 4.69) is 13.8 Å². The van der Waals surface area contributed by atoms with E-state index in [9.17, 15) is 14.7 Å². The minimum Gasteiger partial charge on any atom is -0.493 e. The SMILES string of the molecule is CC(C)COc1cccc(OCC(=O)N2CC(C)CC(C(=O)O)C2)c1. The first-order valence-corrected chi connectivity index (χ1v) is 8.71. The van der Waals surface area contributed by atoms with Crippen LogP contribution in [0.1, 0.15) is 27.2 Å². The van der Waals surface area contributed by atoms with Crippen molar-refractivity contribution in [2.75, 3.05) is 26.3 Å². The van der Waals surface area contributed by atoms with Crippen LogP contribution in [0, 0.1) is 17.8 Å². The van der Waals surface area contributed by atoms with Gasteiger partial charge >= 0.3 is 5.97 Å². The van der Waals surface area contributed by atoms with Gasteiger partial charge in [-0.1, -0.05) is 26.8 Å². The van der Waals surface area contributed by atoms with E-state index < -0.39 is 11.9 Å². The highest BCUT2D eigenvalue weighted by Gasteiger charge is 2.31. The molecular weight excluding hydrogens is 322 g/mol. The van der Waals surface area contributed by atoms with Gasteiger partial charge in [0.1, 0.15) is 11.5 Å². The summed E-state index contributed by atoms with van der Waals surface area (Å²) in [6.07, 6.45) is 0.606. The number of benzene rings is 1. The van der Waals surface area contributed by atoms with Crippen LogP contribution in [0.2, 0.25) is 0 Å². The Morgan fingerprint density at radius 3 is 2.56 bits per heavy atom. The number of carbonyl (C=O) groups is 2. The summed E-state index contributed by atoms with van der Waals surface area (Å²) in [7, 11) is 0. The molecule has 2 rings (SSSR count). The van der Waals surface area contributed by atoms with Gasteiger partial charge in [-0.3, -0.25) is 9.59 Å². The molecule has 1 heterocycles. The molecule has 1 saturated heterocycles. The molecule has 0 saturated carbocycles. The molecule has 2 atom stereocenters. The third-order valence-corrected chi connectivity index (χ3v) is 4.11. The third-order valence-electron chi connectivity index (χ3n) is 4.11. The van der Waals surface area contributed by atoms with Crippen LogP contribution in [0.5, 0.6) is 11.5 Å². The van der Waals surface area contributed by atoms with E-state index in [0.717, 1.165) is 0 Å². The van der Waals surface area contributed by atoms with Gasteiger partial charge in [0.15, 0.2) is 6.61 Å². The van der Waals surface area contributed by atoms with Crippen molar-refractivity contribution in [3.63, 3.8) is 0 Å². The van der Waals surface area contributed by atoms with Gasteiger partial charge in [-0.05, 0) is 30.4 Å². The molecule has 0 aliphatic carbocycles. The summed E-state index contributed by atoms with van der Waals surface area (Å²) in [5, 5.41) is 9.20. The Balaban J connectivity index is 1.89. The molecule has 0 spiro atoms. The van der Waals surface area contributed by atoms with Crippen LogP contribution >= 0.6 is 0 Å². The highest BCUT2D eigenvalue weighted by atomic mass is 16.5. The Labute approximate surface area is 148 Å². The summed E-state index contributed by atoms with van der Waals surface area (Å²) >= 11 is 0. The Bertz CT molecular complexity index is 601. The molecule has 138 valence electrons. The fraction of sp³-hybridized carbons (Fsp3) is 0.579. The van der Waals surface area contributed by atoms with Gasteiger partial charge in [-0.15, -0.1) is 0 Å². The average Bonchev–Trinajstić information content (AvgIpc) is 2.57. The number of carboxylic acid groups (broad SMARTS) is 1. The Morgan fingerprint density at radius 2 is 1.92 bits per heavy atom. The highest BCUT2D eigenvalue weighted by molar-refractivity contribution is 5.79. The van der Waals surface area contributed by atoms with E-state index in [1.807, 2.05) is 19.1 Å². The molecule has 2 unspecified atom stereocenters. The number of rotatable bonds is 7. The molecule has 6 heteroatoms. The lowest BCUT2D eigenvalue weighted by molar-refractivity contribution is -0.147. The van der Waals surface area contributed by atoms with Crippen LogP contribution in [-0.2, 0) is 9.59 Å². The standard InChI is InChI=1S/C19H27NO5/c1-13(2)11-24-16-5-4-6-17(8-16)25-12-18(21)20-9-14(3)7-15(10-20)19(22)23/h4-6,8,13-15H,7,9-12H2,1-3H3,(H,22,23). The zero-order valence-corrected chi connectivity index (χ0v) is 15.1. The van der Waals surface area contributed by atoms with E-state index in [-0.39, 0.29) is 25.0 Å². The van der Waals surface area contributed by atoms with Crippen molar-refractivity contribution < 1.29 is 24.2 Å². The predicted molar refractivity (Wildman–Crippen MR) is 93.8 cm³/mol. The quantitative estimate of drug-likeness (QED) is 0.819. The maximum absolute atomic E-state index is 12.4. The van der Waals surface area contributed by atoms with Crippen molar-refractivity contribution in [1.82, 2.24) is 4.90 Å². The number of carbonyl (C=O) groups excluding carboxylic acids is 1. The summed E-state index contributed by atoms with van der Waals surface area (Å²) in [5.41, 5.74) is 0. The Hall–Kier alpha value is -2.24. The van der Waals surface area contributed by atoms with Crippen LogP contribution in [0.4, 0.5) is 0 Å². The van der Waals surface area contributed by atoms with Crippen LogP contribution in [0.15, 0.2) is 24.3 Å². The molecule has 1 fully saturated rings. The predicted octanol–water partition coefficient (Wildman–Crippen LogP) is 2.67. The molecule has 25 heavy (non-hydrogen) atoms. The second-order valence-electron chi connectivity index (χ2n) is 7.14. The Kier molecular flexibility index (Phi) is 6.67. The van der Waals surface area contributed by atoms with E-state index in [0.29, 0.717) is 37.0 Å². The number of likely N-dealkylation sites (tertiary alicyclic amines) is 1. The molecule has 6 nitrogen and oxygen atoms in total. The fourth-order valence-electron chi connectivity index (χ4n) is 2.89. The Morgan fingerprint density at radius 1 is 1.24 bits per heavy atom. The first-order chi connectivity index (χ1) is 11.8. The van der Waals surface area contributed by atoms with Gasteiger partial charge in [0.05, 0.1) is 12.5 Å². The second kappa shape index (κ2) is 8.74. The summed E-state index contributed by atoms with van der Waals surface area (Å²) in [5.74, 6) is 0.332. The van der Waals surface area contributed by atoms with Crippen molar-refractivity contribution in [1.29, 1.82) is 0 Å². The maximum Gasteiger partial charge on any atom is 0.308 e. The van der Waals surface area contributed by atoms with Gasteiger partial charge < -0.3 is 19.5 Å². The minimum atomic E-state index is -0.847. The van der Waals surface area contributed by atoms with Crippen LogP contribution < -0.4 is 9.47 Å². The van der Waals surface area contributed by atoms with Crippen LogP contribution in [-0.4, -0.2) is 48.2 Å². The van der Waals surface area contributed by atoms with E-state index >= 15 is 0 Å². The van der Waals surface area contributed by atoms with Gasteiger partial charge in [-0.25, -0.2) is 0 Å². The van der Waals surface area contributed by atoms with E-state index in [4.69, 9.17) is 9.47 Å². The molecular formula is C19H27NO5. The van der Waals surface area contributed by atoms with Crippen molar-refractivity contribution in [2.45, 2.75) is 27.2 Å². The number of carboxylic acids is 1. The average molecular weight is 349 g/mol. The number of aliphatic carboxylic acids is 1. The van der Waals surface area contributed by atoms with Gasteiger partial charge in [0.25, 0.3) is 5.91 Å². The lowest BCUT2D eigenvalue weighted by Gasteiger charge is -2.34. The number of hydrogen-bond acceptors (Lipinski definition) is 4. The van der Waals surface area contributed by atoms with Crippen LogP contribution in [0.25, 0.3) is 0 Å². The number of piperidine rings is 1. The lowest BCUT2D eigenvalue weighted by atomic mass is 9.90. The topological polar surface area (TPSA) is 76.1 Å². The van der Waals surface area contributed by atoms with Gasteiger partial charge in [0, 0.05) is 19.2 Å². The molecule has 0 aromatic heterocycles. The molecule has 1 aromatic carbocycles. The van der Waals surface area contributed by atoms with Crippen molar-refractivity contribution in [3.05, 3.63) is 24.3 Å². The molecule has 0 radical (unpaired) electrons. The second-order valence-corrected chi connectivity index (χ2v) is 7.14. The number of nitrogens with zero attached hydrogens (tertiary/aromatic N) is 1. The summed E-state index contributed by atoms with van der Waals surface area (Å²) in [6, 6.07) is 7.20. The minimum absolute atomic E-state index is 0.104. The first kappa shape index (κ1) is 19.1. The number of ether oxygens (including phenoxy) is 2. The normalized spacial score (nSPS) is 20.4. The first-order valence-electron chi connectivity index (χ1n) is 8.71. The molecule has 1 N–H and O–H groups in total. The molecule has 1 aliphatic rings. The van der Waals surface area contributed by atoms with E-state index in [1.165, 1.54) is 0 Å². The zero-order chi connectivity index (χ0) is 18.4. The summed E-state index contributed by atoms with van der Waals surface area (Å²) in [6.45, 7) is 7.44. The lowest BCUT2D eigenvalue weighted by Crippen LogP contribution is -2.47. The molecule has 1 amide bonds. The molecule has 1 aromatic rings. The van der Waals surface area contributed by atoms with Crippen molar-refractivity contribution >= 4 is 11.9 Å². The molecule has 1 aliphatic heterocycles. The van der Waals surface area contributed by atoms with E-state index in [1.54, 1.807) is 17.0 Å². The third kappa shape index (κ3) is 5.96. The zero-order valence-electron chi connectivity index (χ0n) is 15.1. The summed E-state index contributed by atoms with van der Waals surface area (Å²) < 4.78 is 11.2. The number of amides is 1. The van der Waals surface area contributed by atoms with Gasteiger partial charge in [-0.2, -0.15) is 0 Å². The maximum atomic E-state index is 12.4. The fourth-order valence-corrected chi connectivity index (χ4v) is 2.89. The highest BCUT2D eigenvalue weighted by Crippen LogP contribution is 2.23. The smallest absolute Gasteiger partial charge is 0.308 e. The summed E-state index contributed by atoms with van der Waals surface area (Å²) in [4.78, 5) is 25.2. The molecule has 0 bridgehead atoms. The van der Waals surface area contributed by atoms with Crippen LogP contribution in [0.3, 0.4) is 0 Å². The van der Waals surface area contributed by atoms with Crippen molar-refractivity contribution in [3.8, 4) is 11.5 Å². The van der Waals surface area contributed by atoms with Crippen molar-refractivity contribution in [2.24, 2.45) is 17.8 Å². The monoisotopic (exact) mass is 349 g/mol. The number of hydrogen-bond donors (Lipinski definition) is 1. The van der Waals surface area contributed by atoms with Gasteiger partial charge in [0.2, 0.25) is 0 Å². The largest absolute Gasteiger partial charge is 0.493 e.